The molecular weight excluding hydrogens is 372 g/mol. The summed E-state index contributed by atoms with van der Waals surface area (Å²) in [6.07, 6.45) is 0. The Labute approximate surface area is 166 Å². The topological polar surface area (TPSA) is 42.0 Å². The van der Waals surface area contributed by atoms with E-state index >= 15 is 0 Å². The first-order valence-corrected chi connectivity index (χ1v) is 10.4. The van der Waals surface area contributed by atoms with Crippen LogP contribution < -0.4 is 5.32 Å². The van der Waals surface area contributed by atoms with Gasteiger partial charge >= 0.3 is 0 Å². The van der Waals surface area contributed by atoms with Crippen molar-refractivity contribution in [2.24, 2.45) is 0 Å². The van der Waals surface area contributed by atoms with E-state index in [1.54, 1.807) is 23.1 Å². The zero-order valence-corrected chi connectivity index (χ0v) is 16.4. The zero-order chi connectivity index (χ0) is 18.6. The summed E-state index contributed by atoms with van der Waals surface area (Å²) in [4.78, 5) is 18.4. The average molecular weight is 391 g/mol. The van der Waals surface area contributed by atoms with Crippen LogP contribution in [0.1, 0.15) is 5.56 Å². The minimum absolute atomic E-state index is 0.0168. The predicted octanol–water partition coefficient (Wildman–Crippen LogP) is 6.00. The molecule has 0 aliphatic rings. The number of para-hydroxylation sites is 2. The third kappa shape index (κ3) is 4.04. The molecule has 0 radical (unpaired) electrons. The molecule has 3 aromatic carbocycles. The fraction of sp³-hybridized carbons (Fsp3) is 0.0909. The Hall–Kier alpha value is -2.63. The first-order chi connectivity index (χ1) is 13.2. The summed E-state index contributed by atoms with van der Waals surface area (Å²) in [6.45, 7) is 2.06. The molecule has 1 N–H and O–H groups in total. The number of aryl methyl sites for hydroxylation is 1. The summed E-state index contributed by atoms with van der Waals surface area (Å²) in [7, 11) is 0. The molecule has 27 heavy (non-hydrogen) atoms. The summed E-state index contributed by atoms with van der Waals surface area (Å²) < 4.78 is 1.14. The fourth-order valence-electron chi connectivity index (χ4n) is 2.81. The van der Waals surface area contributed by atoms with E-state index in [0.29, 0.717) is 5.75 Å². The van der Waals surface area contributed by atoms with E-state index < -0.39 is 0 Å². The summed E-state index contributed by atoms with van der Waals surface area (Å²) in [5, 5.41) is 3.97. The monoisotopic (exact) mass is 390 g/mol. The van der Waals surface area contributed by atoms with E-state index in [0.717, 1.165) is 31.4 Å². The van der Waals surface area contributed by atoms with Crippen molar-refractivity contribution in [3.63, 3.8) is 0 Å². The van der Waals surface area contributed by atoms with Crippen LogP contribution in [0, 0.1) is 6.92 Å². The number of nitrogens with one attached hydrogen (secondary N) is 1. The highest BCUT2D eigenvalue weighted by Crippen LogP contribution is 2.34. The van der Waals surface area contributed by atoms with E-state index in [2.05, 4.69) is 24.4 Å². The van der Waals surface area contributed by atoms with Gasteiger partial charge in [-0.2, -0.15) is 0 Å². The van der Waals surface area contributed by atoms with Crippen molar-refractivity contribution < 1.29 is 4.79 Å². The molecule has 1 aromatic heterocycles. The number of rotatable bonds is 5. The number of benzene rings is 3. The highest BCUT2D eigenvalue weighted by molar-refractivity contribution is 8.00. The standard InChI is InChI=1S/C22H18N2OS2/c1-15-8-2-6-12-19(15)26-14-21(25)23-17-10-4-3-9-16(17)22-24-18-11-5-7-13-20(18)27-22/h2-13H,14H2,1H3,(H,23,25). The Morgan fingerprint density at radius 1 is 1.00 bits per heavy atom. The van der Waals surface area contributed by atoms with Crippen molar-refractivity contribution in [1.82, 2.24) is 4.98 Å². The van der Waals surface area contributed by atoms with Gasteiger partial charge in [0.05, 0.1) is 21.7 Å². The number of hydrogen-bond donors (Lipinski definition) is 1. The second-order valence-corrected chi connectivity index (χ2v) is 8.18. The molecule has 0 fully saturated rings. The van der Waals surface area contributed by atoms with Gasteiger partial charge in [-0.3, -0.25) is 4.79 Å². The quantitative estimate of drug-likeness (QED) is 0.425. The Kier molecular flexibility index (Phi) is 5.23. The molecule has 5 heteroatoms. The second-order valence-electron chi connectivity index (χ2n) is 6.13. The molecule has 0 spiro atoms. The van der Waals surface area contributed by atoms with Crippen LogP contribution >= 0.6 is 23.1 Å². The van der Waals surface area contributed by atoms with Gasteiger partial charge in [0.1, 0.15) is 5.01 Å². The number of amides is 1. The second kappa shape index (κ2) is 7.94. The lowest BCUT2D eigenvalue weighted by atomic mass is 10.2. The molecule has 3 nitrogen and oxygen atoms in total. The number of thiazole rings is 1. The smallest absolute Gasteiger partial charge is 0.234 e. The molecule has 0 unspecified atom stereocenters. The van der Waals surface area contributed by atoms with Gasteiger partial charge in [0, 0.05) is 10.5 Å². The van der Waals surface area contributed by atoms with Crippen molar-refractivity contribution in [2.75, 3.05) is 11.1 Å². The lowest BCUT2D eigenvalue weighted by molar-refractivity contribution is -0.113. The van der Waals surface area contributed by atoms with Crippen molar-refractivity contribution in [3.05, 3.63) is 78.4 Å². The number of carbonyl (C=O) groups excluding carboxylic acids is 1. The maximum absolute atomic E-state index is 12.5. The number of aromatic nitrogens is 1. The van der Waals surface area contributed by atoms with Crippen LogP contribution in [0.4, 0.5) is 5.69 Å². The van der Waals surface area contributed by atoms with E-state index in [1.165, 1.54) is 5.56 Å². The van der Waals surface area contributed by atoms with Crippen molar-refractivity contribution in [2.45, 2.75) is 11.8 Å². The molecule has 4 aromatic rings. The van der Waals surface area contributed by atoms with Gasteiger partial charge in [-0.25, -0.2) is 4.98 Å². The third-order valence-corrected chi connectivity index (χ3v) is 6.42. The Morgan fingerprint density at radius 2 is 1.74 bits per heavy atom. The minimum atomic E-state index is -0.0168. The first kappa shape index (κ1) is 17.8. The molecule has 4 rings (SSSR count). The largest absolute Gasteiger partial charge is 0.325 e. The Morgan fingerprint density at radius 3 is 2.59 bits per heavy atom. The van der Waals surface area contributed by atoms with Gasteiger partial charge in [0.2, 0.25) is 5.91 Å². The number of fused-ring (bicyclic) bond motifs is 1. The molecule has 0 saturated heterocycles. The van der Waals surface area contributed by atoms with Crippen LogP contribution in [0.25, 0.3) is 20.8 Å². The zero-order valence-electron chi connectivity index (χ0n) is 14.8. The summed E-state index contributed by atoms with van der Waals surface area (Å²) in [5.74, 6) is 0.357. The first-order valence-electron chi connectivity index (χ1n) is 8.64. The van der Waals surface area contributed by atoms with Crippen molar-refractivity contribution in [1.29, 1.82) is 0 Å². The molecular formula is C22H18N2OS2. The highest BCUT2D eigenvalue weighted by atomic mass is 32.2. The number of carbonyl (C=O) groups is 1. The Bertz CT molecular complexity index is 1070. The molecule has 134 valence electrons. The van der Waals surface area contributed by atoms with Gasteiger partial charge in [-0.15, -0.1) is 23.1 Å². The number of hydrogen-bond acceptors (Lipinski definition) is 4. The fourth-order valence-corrected chi connectivity index (χ4v) is 4.65. The number of thioether (sulfide) groups is 1. The molecule has 0 aliphatic heterocycles. The van der Waals surface area contributed by atoms with Crippen LogP contribution in [-0.4, -0.2) is 16.6 Å². The van der Waals surface area contributed by atoms with Gasteiger partial charge < -0.3 is 5.32 Å². The summed E-state index contributed by atoms with van der Waals surface area (Å²) in [6, 6.07) is 24.0. The molecule has 1 amide bonds. The third-order valence-electron chi connectivity index (χ3n) is 4.18. The maximum atomic E-state index is 12.5. The summed E-state index contributed by atoms with van der Waals surface area (Å²) >= 11 is 3.19. The Balaban J connectivity index is 1.52. The van der Waals surface area contributed by atoms with Crippen molar-refractivity contribution in [3.8, 4) is 10.6 Å². The van der Waals surface area contributed by atoms with Crippen LogP contribution in [0.15, 0.2) is 77.7 Å². The lowest BCUT2D eigenvalue weighted by Crippen LogP contribution is -2.14. The van der Waals surface area contributed by atoms with E-state index in [4.69, 9.17) is 4.98 Å². The molecule has 0 atom stereocenters. The van der Waals surface area contributed by atoms with Gasteiger partial charge in [0.15, 0.2) is 0 Å². The lowest BCUT2D eigenvalue weighted by Gasteiger charge is -2.10. The minimum Gasteiger partial charge on any atom is -0.325 e. The van der Waals surface area contributed by atoms with Gasteiger partial charge in [-0.1, -0.05) is 42.5 Å². The van der Waals surface area contributed by atoms with E-state index in [-0.39, 0.29) is 5.91 Å². The van der Waals surface area contributed by atoms with Crippen molar-refractivity contribution >= 4 is 44.9 Å². The SMILES string of the molecule is Cc1ccccc1SCC(=O)Nc1ccccc1-c1nc2ccccc2s1. The van der Waals surface area contributed by atoms with Crippen LogP contribution in [0.2, 0.25) is 0 Å². The normalized spacial score (nSPS) is 10.9. The predicted molar refractivity (Wildman–Crippen MR) is 116 cm³/mol. The van der Waals surface area contributed by atoms with E-state index in [1.807, 2.05) is 60.7 Å². The van der Waals surface area contributed by atoms with E-state index in [9.17, 15) is 4.79 Å². The van der Waals surface area contributed by atoms with Crippen LogP contribution in [0.3, 0.4) is 0 Å². The number of nitrogens with zero attached hydrogens (tertiary/aromatic N) is 1. The maximum Gasteiger partial charge on any atom is 0.234 e. The highest BCUT2D eigenvalue weighted by Gasteiger charge is 2.12. The number of anilines is 1. The van der Waals surface area contributed by atoms with Gasteiger partial charge in [0.25, 0.3) is 0 Å². The summed E-state index contributed by atoms with van der Waals surface area (Å²) in [5.41, 5.74) is 3.92. The van der Waals surface area contributed by atoms with Crippen LogP contribution in [-0.2, 0) is 4.79 Å². The van der Waals surface area contributed by atoms with Crippen LogP contribution in [0.5, 0.6) is 0 Å². The molecule has 0 saturated carbocycles. The molecule has 0 bridgehead atoms. The molecule has 1 heterocycles. The van der Waals surface area contributed by atoms with Gasteiger partial charge in [-0.05, 0) is 42.8 Å². The average Bonchev–Trinajstić information content (AvgIpc) is 3.12. The molecule has 0 aliphatic carbocycles.